The van der Waals surface area contributed by atoms with Gasteiger partial charge in [0, 0.05) is 17.5 Å². The molecule has 20 heavy (non-hydrogen) atoms. The van der Waals surface area contributed by atoms with Crippen molar-refractivity contribution in [3.05, 3.63) is 70.8 Å². The third-order valence-electron chi connectivity index (χ3n) is 4.19. The fourth-order valence-corrected chi connectivity index (χ4v) is 3.16. The number of fused-ring (bicyclic) bond motifs is 1. The van der Waals surface area contributed by atoms with E-state index < -0.39 is 17.7 Å². The summed E-state index contributed by atoms with van der Waals surface area (Å²) in [5.41, 5.74) is 8.97. The summed E-state index contributed by atoms with van der Waals surface area (Å²) in [5, 5.41) is 0. The molecule has 0 aromatic heterocycles. The molecular formula is C17H17F2N. The van der Waals surface area contributed by atoms with Gasteiger partial charge in [0.1, 0.15) is 0 Å². The van der Waals surface area contributed by atoms with E-state index in [-0.39, 0.29) is 11.5 Å². The summed E-state index contributed by atoms with van der Waals surface area (Å²) >= 11 is 0. The van der Waals surface area contributed by atoms with Crippen LogP contribution in [0.5, 0.6) is 0 Å². The number of hydrogen-bond donors (Lipinski definition) is 1. The summed E-state index contributed by atoms with van der Waals surface area (Å²) in [6.07, 6.45) is 2.98. The van der Waals surface area contributed by atoms with E-state index in [1.165, 1.54) is 17.2 Å². The normalized spacial score (nSPS) is 19.4. The molecule has 3 heteroatoms. The van der Waals surface area contributed by atoms with Crippen molar-refractivity contribution in [2.75, 3.05) is 0 Å². The van der Waals surface area contributed by atoms with Crippen LogP contribution in [0.3, 0.4) is 0 Å². The van der Waals surface area contributed by atoms with Crippen molar-refractivity contribution in [2.24, 2.45) is 5.73 Å². The molecule has 1 aliphatic rings. The summed E-state index contributed by atoms with van der Waals surface area (Å²) in [4.78, 5) is 0. The number of nitrogens with two attached hydrogens (primary N) is 1. The molecule has 0 aliphatic heterocycles. The molecular weight excluding hydrogens is 256 g/mol. The maximum Gasteiger partial charge on any atom is 0.163 e. The molecule has 0 bridgehead atoms. The molecule has 1 aliphatic carbocycles. The van der Waals surface area contributed by atoms with E-state index in [2.05, 4.69) is 12.1 Å². The highest BCUT2D eigenvalue weighted by molar-refractivity contribution is 5.36. The summed E-state index contributed by atoms with van der Waals surface area (Å²) < 4.78 is 27.3. The van der Waals surface area contributed by atoms with Crippen molar-refractivity contribution >= 4 is 0 Å². The van der Waals surface area contributed by atoms with Crippen molar-refractivity contribution in [3.8, 4) is 0 Å². The Hall–Kier alpha value is -1.74. The van der Waals surface area contributed by atoms with E-state index in [4.69, 9.17) is 5.73 Å². The summed E-state index contributed by atoms with van der Waals surface area (Å²) in [7, 11) is 0. The highest BCUT2D eigenvalue weighted by Crippen LogP contribution is 2.39. The number of rotatable bonds is 2. The maximum absolute atomic E-state index is 13.9. The average molecular weight is 273 g/mol. The van der Waals surface area contributed by atoms with Crippen molar-refractivity contribution < 1.29 is 8.78 Å². The van der Waals surface area contributed by atoms with Crippen LogP contribution in [0.2, 0.25) is 0 Å². The van der Waals surface area contributed by atoms with Crippen LogP contribution in [0.15, 0.2) is 42.5 Å². The zero-order valence-electron chi connectivity index (χ0n) is 11.2. The van der Waals surface area contributed by atoms with E-state index in [0.29, 0.717) is 0 Å². The summed E-state index contributed by atoms with van der Waals surface area (Å²) in [5.74, 6) is -1.60. The molecule has 104 valence electrons. The highest BCUT2D eigenvalue weighted by Gasteiger charge is 2.28. The lowest BCUT2D eigenvalue weighted by Crippen LogP contribution is -2.24. The molecule has 0 spiro atoms. The SMILES string of the molecule is NC(c1cccc(F)c1F)C1CCCc2ccccc21. The quantitative estimate of drug-likeness (QED) is 0.876. The molecule has 2 aromatic carbocycles. The van der Waals surface area contributed by atoms with Gasteiger partial charge in [-0.1, -0.05) is 36.4 Å². The van der Waals surface area contributed by atoms with Gasteiger partial charge in [0.25, 0.3) is 0 Å². The molecule has 0 heterocycles. The van der Waals surface area contributed by atoms with E-state index >= 15 is 0 Å². The van der Waals surface area contributed by atoms with Gasteiger partial charge >= 0.3 is 0 Å². The molecule has 2 N–H and O–H groups in total. The Morgan fingerprint density at radius 2 is 1.85 bits per heavy atom. The number of benzene rings is 2. The molecule has 2 atom stereocenters. The van der Waals surface area contributed by atoms with Crippen LogP contribution < -0.4 is 5.73 Å². The average Bonchev–Trinajstić information content (AvgIpc) is 2.49. The Kier molecular flexibility index (Phi) is 3.53. The fraction of sp³-hybridized carbons (Fsp3) is 0.294. The van der Waals surface area contributed by atoms with Gasteiger partial charge in [-0.05, 0) is 36.5 Å². The van der Waals surface area contributed by atoms with E-state index in [9.17, 15) is 8.78 Å². The minimum atomic E-state index is -0.831. The highest BCUT2D eigenvalue weighted by atomic mass is 19.2. The smallest absolute Gasteiger partial charge is 0.163 e. The first-order valence-electron chi connectivity index (χ1n) is 6.96. The zero-order chi connectivity index (χ0) is 14.1. The van der Waals surface area contributed by atoms with Crippen LogP contribution in [0, 0.1) is 11.6 Å². The van der Waals surface area contributed by atoms with E-state index in [0.717, 1.165) is 25.3 Å². The topological polar surface area (TPSA) is 26.0 Å². The van der Waals surface area contributed by atoms with E-state index in [1.807, 2.05) is 12.1 Å². The molecule has 2 unspecified atom stereocenters. The Morgan fingerprint density at radius 1 is 1.05 bits per heavy atom. The van der Waals surface area contributed by atoms with Crippen LogP contribution >= 0.6 is 0 Å². The van der Waals surface area contributed by atoms with Gasteiger partial charge in [0.15, 0.2) is 11.6 Å². The molecule has 1 nitrogen and oxygen atoms in total. The van der Waals surface area contributed by atoms with Crippen molar-refractivity contribution in [2.45, 2.75) is 31.2 Å². The Bertz CT molecular complexity index is 624. The lowest BCUT2D eigenvalue weighted by molar-refractivity contribution is 0.439. The first-order valence-corrected chi connectivity index (χ1v) is 6.96. The molecule has 0 fully saturated rings. The zero-order valence-corrected chi connectivity index (χ0v) is 11.2. The third-order valence-corrected chi connectivity index (χ3v) is 4.19. The first-order chi connectivity index (χ1) is 9.68. The van der Waals surface area contributed by atoms with Crippen LogP contribution in [0.1, 0.15) is 41.5 Å². The third kappa shape index (κ3) is 2.22. The lowest BCUT2D eigenvalue weighted by Gasteiger charge is -2.30. The second-order valence-corrected chi connectivity index (χ2v) is 5.37. The minimum Gasteiger partial charge on any atom is -0.323 e. The van der Waals surface area contributed by atoms with Gasteiger partial charge in [0.05, 0.1) is 0 Å². The molecule has 0 radical (unpaired) electrons. The molecule has 2 aromatic rings. The van der Waals surface area contributed by atoms with Crippen LogP contribution in [-0.4, -0.2) is 0 Å². The first kappa shape index (κ1) is 13.3. The van der Waals surface area contributed by atoms with Crippen LogP contribution in [0.4, 0.5) is 8.78 Å². The minimum absolute atomic E-state index is 0.0521. The van der Waals surface area contributed by atoms with Gasteiger partial charge in [-0.25, -0.2) is 8.78 Å². The lowest BCUT2D eigenvalue weighted by atomic mass is 9.77. The van der Waals surface area contributed by atoms with Crippen LogP contribution in [0.25, 0.3) is 0 Å². The van der Waals surface area contributed by atoms with Gasteiger partial charge < -0.3 is 5.73 Å². The van der Waals surface area contributed by atoms with Crippen molar-refractivity contribution in [1.29, 1.82) is 0 Å². The monoisotopic (exact) mass is 273 g/mol. The Morgan fingerprint density at radius 3 is 2.70 bits per heavy atom. The largest absolute Gasteiger partial charge is 0.323 e. The molecule has 0 amide bonds. The molecule has 0 saturated carbocycles. The fourth-order valence-electron chi connectivity index (χ4n) is 3.16. The van der Waals surface area contributed by atoms with Gasteiger partial charge in [-0.15, -0.1) is 0 Å². The van der Waals surface area contributed by atoms with Crippen molar-refractivity contribution in [1.82, 2.24) is 0 Å². The van der Waals surface area contributed by atoms with Crippen LogP contribution in [-0.2, 0) is 6.42 Å². The van der Waals surface area contributed by atoms with Gasteiger partial charge in [-0.3, -0.25) is 0 Å². The van der Waals surface area contributed by atoms with Gasteiger partial charge in [0.2, 0.25) is 0 Å². The number of halogens is 2. The maximum atomic E-state index is 13.9. The molecule has 0 saturated heterocycles. The second-order valence-electron chi connectivity index (χ2n) is 5.37. The Labute approximate surface area is 117 Å². The standard InChI is InChI=1S/C17H17F2N/c18-15-10-4-9-14(16(15)19)17(20)13-8-3-6-11-5-1-2-7-12(11)13/h1-2,4-5,7,9-10,13,17H,3,6,8,20H2. The van der Waals surface area contributed by atoms with Gasteiger partial charge in [-0.2, -0.15) is 0 Å². The van der Waals surface area contributed by atoms with Crippen molar-refractivity contribution in [3.63, 3.8) is 0 Å². The predicted octanol–water partition coefficient (Wildman–Crippen LogP) is 4.08. The predicted molar refractivity (Wildman–Crippen MR) is 75.4 cm³/mol. The summed E-state index contributed by atoms with van der Waals surface area (Å²) in [6, 6.07) is 11.9. The second kappa shape index (κ2) is 5.33. The number of hydrogen-bond acceptors (Lipinski definition) is 1. The summed E-state index contributed by atoms with van der Waals surface area (Å²) in [6.45, 7) is 0. The Balaban J connectivity index is 2.00. The molecule has 3 rings (SSSR count). The van der Waals surface area contributed by atoms with E-state index in [1.54, 1.807) is 6.07 Å². The number of aryl methyl sites for hydroxylation is 1.